The van der Waals surface area contributed by atoms with E-state index >= 15 is 0 Å². The van der Waals surface area contributed by atoms with Gasteiger partial charge in [0.05, 0.1) is 24.5 Å². The molecule has 2 aromatic carbocycles. The SMILES string of the molecule is CN1CCC(COCCc2cc(C(F)(F)F)cc(-c3ccc(F)cc3)n2)(c2ccccc2)CC1. The molecule has 2 heterocycles. The first kappa shape index (κ1) is 24.4. The Morgan fingerprint density at radius 3 is 2.29 bits per heavy atom. The van der Waals surface area contributed by atoms with Gasteiger partial charge >= 0.3 is 6.18 Å². The van der Waals surface area contributed by atoms with Gasteiger partial charge in [0.2, 0.25) is 0 Å². The molecule has 0 atom stereocenters. The molecule has 1 aromatic heterocycles. The highest BCUT2D eigenvalue weighted by Crippen LogP contribution is 2.36. The molecular formula is C27H28F4N2O. The van der Waals surface area contributed by atoms with Crippen molar-refractivity contribution in [1.82, 2.24) is 9.88 Å². The van der Waals surface area contributed by atoms with Gasteiger partial charge in [0.1, 0.15) is 5.82 Å². The number of aromatic nitrogens is 1. The molecule has 180 valence electrons. The summed E-state index contributed by atoms with van der Waals surface area (Å²) in [5.41, 5.74) is 1.26. The normalized spacial score (nSPS) is 16.5. The van der Waals surface area contributed by atoms with E-state index < -0.39 is 17.6 Å². The molecule has 1 aliphatic heterocycles. The van der Waals surface area contributed by atoms with Crippen molar-refractivity contribution >= 4 is 0 Å². The van der Waals surface area contributed by atoms with Gasteiger partial charge in [-0.2, -0.15) is 13.2 Å². The number of nitrogens with zero attached hydrogens (tertiary/aromatic N) is 2. The van der Waals surface area contributed by atoms with Gasteiger partial charge < -0.3 is 9.64 Å². The third-order valence-corrected chi connectivity index (χ3v) is 6.56. The molecule has 0 amide bonds. The summed E-state index contributed by atoms with van der Waals surface area (Å²) in [6.07, 6.45) is -2.32. The molecule has 0 radical (unpaired) electrons. The molecule has 0 bridgehead atoms. The molecule has 3 aromatic rings. The molecular weight excluding hydrogens is 444 g/mol. The van der Waals surface area contributed by atoms with Crippen LogP contribution in [-0.2, 0) is 22.7 Å². The van der Waals surface area contributed by atoms with Crippen molar-refractivity contribution in [3.63, 3.8) is 0 Å². The maximum absolute atomic E-state index is 13.5. The Morgan fingerprint density at radius 1 is 0.971 bits per heavy atom. The summed E-state index contributed by atoms with van der Waals surface area (Å²) in [7, 11) is 2.10. The molecule has 1 fully saturated rings. The second-order valence-electron chi connectivity index (χ2n) is 8.99. The summed E-state index contributed by atoms with van der Waals surface area (Å²) in [6.45, 7) is 2.71. The first-order chi connectivity index (χ1) is 16.2. The molecule has 1 saturated heterocycles. The maximum atomic E-state index is 13.5. The molecule has 3 nitrogen and oxygen atoms in total. The number of alkyl halides is 3. The zero-order valence-corrected chi connectivity index (χ0v) is 19.1. The van der Waals surface area contributed by atoms with Crippen LogP contribution in [0, 0.1) is 5.82 Å². The fourth-order valence-electron chi connectivity index (χ4n) is 4.45. The smallest absolute Gasteiger partial charge is 0.380 e. The van der Waals surface area contributed by atoms with E-state index in [0.717, 1.165) is 38.1 Å². The lowest BCUT2D eigenvalue weighted by molar-refractivity contribution is -0.137. The Kier molecular flexibility index (Phi) is 7.33. The van der Waals surface area contributed by atoms with Crippen LogP contribution in [0.1, 0.15) is 29.7 Å². The van der Waals surface area contributed by atoms with Crippen LogP contribution >= 0.6 is 0 Å². The summed E-state index contributed by atoms with van der Waals surface area (Å²) in [4.78, 5) is 6.70. The lowest BCUT2D eigenvalue weighted by Gasteiger charge is -2.41. The third-order valence-electron chi connectivity index (χ3n) is 6.56. The fourth-order valence-corrected chi connectivity index (χ4v) is 4.45. The number of hydrogen-bond acceptors (Lipinski definition) is 3. The van der Waals surface area contributed by atoms with E-state index in [2.05, 4.69) is 29.1 Å². The van der Waals surface area contributed by atoms with Gasteiger partial charge in [-0.3, -0.25) is 4.98 Å². The van der Waals surface area contributed by atoms with Crippen molar-refractivity contribution in [3.05, 3.63) is 89.4 Å². The predicted molar refractivity (Wildman–Crippen MR) is 124 cm³/mol. The van der Waals surface area contributed by atoms with E-state index in [0.29, 0.717) is 17.9 Å². The third kappa shape index (κ3) is 5.83. The molecule has 1 aliphatic rings. The fraction of sp³-hybridized carbons (Fsp3) is 0.370. The van der Waals surface area contributed by atoms with Gasteiger partial charge in [-0.1, -0.05) is 30.3 Å². The van der Waals surface area contributed by atoms with Gasteiger partial charge in [0, 0.05) is 23.1 Å². The first-order valence-electron chi connectivity index (χ1n) is 11.4. The van der Waals surface area contributed by atoms with Gasteiger partial charge in [-0.05, 0) is 74.9 Å². The Bertz CT molecular complexity index is 1080. The highest BCUT2D eigenvalue weighted by atomic mass is 19.4. The number of piperidine rings is 1. The molecule has 0 unspecified atom stereocenters. The molecule has 7 heteroatoms. The number of ether oxygens (including phenoxy) is 1. The van der Waals surface area contributed by atoms with Crippen LogP contribution in [0.2, 0.25) is 0 Å². The number of benzene rings is 2. The predicted octanol–water partition coefficient (Wildman–Crippen LogP) is 6.13. The van der Waals surface area contributed by atoms with Gasteiger partial charge in [-0.25, -0.2) is 4.39 Å². The monoisotopic (exact) mass is 472 g/mol. The molecule has 0 saturated carbocycles. The number of pyridine rings is 1. The van der Waals surface area contributed by atoms with Crippen LogP contribution in [0.4, 0.5) is 17.6 Å². The van der Waals surface area contributed by atoms with E-state index in [-0.39, 0.29) is 24.1 Å². The lowest BCUT2D eigenvalue weighted by Crippen LogP contribution is -2.44. The van der Waals surface area contributed by atoms with Gasteiger partial charge in [0.15, 0.2) is 0 Å². The van der Waals surface area contributed by atoms with Crippen LogP contribution in [-0.4, -0.2) is 43.2 Å². The van der Waals surface area contributed by atoms with Gasteiger partial charge in [-0.15, -0.1) is 0 Å². The topological polar surface area (TPSA) is 25.4 Å². The minimum atomic E-state index is -4.50. The number of likely N-dealkylation sites (tertiary alicyclic amines) is 1. The Labute approximate surface area is 197 Å². The average Bonchev–Trinajstić information content (AvgIpc) is 2.83. The van der Waals surface area contributed by atoms with Crippen molar-refractivity contribution in [2.24, 2.45) is 0 Å². The number of rotatable bonds is 7. The zero-order chi connectivity index (χ0) is 24.2. The van der Waals surface area contributed by atoms with E-state index in [1.54, 1.807) is 0 Å². The zero-order valence-electron chi connectivity index (χ0n) is 19.1. The second-order valence-corrected chi connectivity index (χ2v) is 8.99. The first-order valence-corrected chi connectivity index (χ1v) is 11.4. The van der Waals surface area contributed by atoms with Crippen molar-refractivity contribution < 1.29 is 22.3 Å². The quantitative estimate of drug-likeness (QED) is 0.306. The number of hydrogen-bond donors (Lipinski definition) is 0. The van der Waals surface area contributed by atoms with Crippen LogP contribution in [0.3, 0.4) is 0 Å². The van der Waals surface area contributed by atoms with Gasteiger partial charge in [0.25, 0.3) is 0 Å². The molecule has 0 aliphatic carbocycles. The molecule has 34 heavy (non-hydrogen) atoms. The lowest BCUT2D eigenvalue weighted by atomic mass is 9.73. The van der Waals surface area contributed by atoms with Crippen molar-refractivity contribution in [1.29, 1.82) is 0 Å². The summed E-state index contributed by atoms with van der Waals surface area (Å²) >= 11 is 0. The summed E-state index contributed by atoms with van der Waals surface area (Å²) in [5.74, 6) is -0.453. The maximum Gasteiger partial charge on any atom is 0.416 e. The van der Waals surface area contributed by atoms with Crippen molar-refractivity contribution in [2.75, 3.05) is 33.4 Å². The Hall–Kier alpha value is -2.77. The minimum Gasteiger partial charge on any atom is -0.380 e. The largest absolute Gasteiger partial charge is 0.416 e. The van der Waals surface area contributed by atoms with Crippen LogP contribution in [0.5, 0.6) is 0 Å². The van der Waals surface area contributed by atoms with Crippen molar-refractivity contribution in [3.8, 4) is 11.3 Å². The van der Waals surface area contributed by atoms with Crippen LogP contribution < -0.4 is 0 Å². The van der Waals surface area contributed by atoms with Crippen molar-refractivity contribution in [2.45, 2.75) is 30.9 Å². The second kappa shape index (κ2) is 10.2. The average molecular weight is 473 g/mol. The number of halogens is 4. The van der Waals surface area contributed by atoms with Crippen LogP contribution in [0.25, 0.3) is 11.3 Å². The van der Waals surface area contributed by atoms with E-state index in [1.165, 1.54) is 29.8 Å². The van der Waals surface area contributed by atoms with E-state index in [9.17, 15) is 17.6 Å². The highest BCUT2D eigenvalue weighted by molar-refractivity contribution is 5.60. The van der Waals surface area contributed by atoms with Crippen LogP contribution in [0.15, 0.2) is 66.7 Å². The summed E-state index contributed by atoms with van der Waals surface area (Å²) in [5, 5.41) is 0. The standard InChI is InChI=1S/C27H28F4N2O/c1-33-14-12-26(13-15-33,21-5-3-2-4-6-21)19-34-16-11-24-17-22(27(29,30)31)18-25(32-24)20-7-9-23(28)10-8-20/h2-10,17-18H,11-16,19H2,1H3. The highest BCUT2D eigenvalue weighted by Gasteiger charge is 2.36. The summed E-state index contributed by atoms with van der Waals surface area (Å²) in [6, 6.07) is 17.7. The Morgan fingerprint density at radius 2 is 1.65 bits per heavy atom. The molecule has 0 N–H and O–H groups in total. The van der Waals surface area contributed by atoms with E-state index in [1.807, 2.05) is 18.2 Å². The Balaban J connectivity index is 1.48. The molecule has 0 spiro atoms. The molecule has 4 rings (SSSR count). The van der Waals surface area contributed by atoms with E-state index in [4.69, 9.17) is 4.74 Å². The minimum absolute atomic E-state index is 0.103. The summed E-state index contributed by atoms with van der Waals surface area (Å²) < 4.78 is 59.8.